The van der Waals surface area contributed by atoms with Crippen LogP contribution in [0, 0.1) is 17.1 Å². The predicted molar refractivity (Wildman–Crippen MR) is 129 cm³/mol. The molecule has 11 heteroatoms. The van der Waals surface area contributed by atoms with Gasteiger partial charge in [-0.1, -0.05) is 0 Å². The molecule has 2 atom stereocenters. The zero-order valence-corrected chi connectivity index (χ0v) is 20.5. The summed E-state index contributed by atoms with van der Waals surface area (Å²) in [5, 5.41) is 22.6. The standard InChI is InChI=1S/C23H25BrFN7O2/c1-30(2)15-9-31(10-15)23-21-22(16-5-12(8-26)18(24)19(25)20(16)29-23)32(11-28-21)14-3-4-27-13(6-14)7-17(33)34/h5,11,13-15,27H,3-4,6-7,9-10H2,1-2H3,(H,33,34)/t13-,14-/m0/s1. The minimum Gasteiger partial charge on any atom is -0.481 e. The maximum Gasteiger partial charge on any atom is 0.304 e. The van der Waals surface area contributed by atoms with E-state index in [9.17, 15) is 15.2 Å². The molecule has 0 unspecified atom stereocenters. The van der Waals surface area contributed by atoms with Gasteiger partial charge in [0.2, 0.25) is 0 Å². The quantitative estimate of drug-likeness (QED) is 0.519. The van der Waals surface area contributed by atoms with Crippen molar-refractivity contribution in [2.45, 2.75) is 37.4 Å². The van der Waals surface area contributed by atoms with E-state index in [-0.39, 0.29) is 34.1 Å². The van der Waals surface area contributed by atoms with Gasteiger partial charge in [0, 0.05) is 36.6 Å². The van der Waals surface area contributed by atoms with E-state index in [1.54, 1.807) is 12.4 Å². The maximum absolute atomic E-state index is 15.4. The monoisotopic (exact) mass is 529 g/mol. The Morgan fingerprint density at radius 3 is 2.85 bits per heavy atom. The molecule has 2 N–H and O–H groups in total. The first-order valence-corrected chi connectivity index (χ1v) is 12.0. The van der Waals surface area contributed by atoms with E-state index in [1.165, 1.54) is 0 Å². The van der Waals surface area contributed by atoms with E-state index in [4.69, 9.17) is 9.97 Å². The number of aliphatic carboxylic acids is 1. The number of halogens is 2. The molecule has 9 nitrogen and oxygen atoms in total. The number of piperidine rings is 1. The summed E-state index contributed by atoms with van der Waals surface area (Å²) in [6, 6.07) is 3.94. The summed E-state index contributed by atoms with van der Waals surface area (Å²) in [4.78, 5) is 24.9. The maximum atomic E-state index is 15.4. The Morgan fingerprint density at radius 2 is 2.18 bits per heavy atom. The van der Waals surface area contributed by atoms with Crippen LogP contribution in [-0.2, 0) is 4.79 Å². The van der Waals surface area contributed by atoms with Gasteiger partial charge in [0.05, 0.1) is 28.3 Å². The third-order valence-electron chi connectivity index (χ3n) is 6.95. The summed E-state index contributed by atoms with van der Waals surface area (Å²) in [6.07, 6.45) is 3.19. The molecule has 0 bridgehead atoms. The van der Waals surface area contributed by atoms with Crippen molar-refractivity contribution in [2.75, 3.05) is 38.6 Å². The van der Waals surface area contributed by atoms with Crippen LogP contribution in [0.25, 0.3) is 21.9 Å². The van der Waals surface area contributed by atoms with Gasteiger partial charge in [-0.15, -0.1) is 0 Å². The number of carboxylic acid groups (broad SMARTS) is 1. The number of carbonyl (C=O) groups is 1. The summed E-state index contributed by atoms with van der Waals surface area (Å²) in [5.74, 6) is -0.779. The highest BCUT2D eigenvalue weighted by molar-refractivity contribution is 9.10. The fourth-order valence-corrected chi connectivity index (χ4v) is 5.38. The van der Waals surface area contributed by atoms with Gasteiger partial charge in [0.25, 0.3) is 0 Å². The van der Waals surface area contributed by atoms with Gasteiger partial charge in [0.15, 0.2) is 11.6 Å². The minimum atomic E-state index is -0.843. The molecule has 0 radical (unpaired) electrons. The number of benzene rings is 1. The second-order valence-corrected chi connectivity index (χ2v) is 10.1. The molecular formula is C23H25BrFN7O2. The van der Waals surface area contributed by atoms with Gasteiger partial charge < -0.3 is 24.8 Å². The Hall–Kier alpha value is -2.81. The molecule has 2 aliphatic heterocycles. The predicted octanol–water partition coefficient (Wildman–Crippen LogP) is 2.88. The lowest BCUT2D eigenvalue weighted by Gasteiger charge is -2.43. The number of nitriles is 1. The lowest BCUT2D eigenvalue weighted by molar-refractivity contribution is -0.137. The number of carboxylic acids is 1. The highest BCUT2D eigenvalue weighted by Crippen LogP contribution is 2.39. The van der Waals surface area contributed by atoms with Crippen molar-refractivity contribution >= 4 is 49.7 Å². The highest BCUT2D eigenvalue weighted by atomic mass is 79.9. The number of aromatic nitrogens is 3. The molecule has 2 saturated heterocycles. The van der Waals surface area contributed by atoms with Gasteiger partial charge in [0.1, 0.15) is 17.1 Å². The van der Waals surface area contributed by atoms with Crippen LogP contribution in [0.2, 0.25) is 0 Å². The van der Waals surface area contributed by atoms with Crippen LogP contribution in [0.5, 0.6) is 0 Å². The Kier molecular flexibility index (Phi) is 5.91. The molecule has 178 valence electrons. The van der Waals surface area contributed by atoms with Gasteiger partial charge in [-0.2, -0.15) is 5.26 Å². The molecule has 0 spiro atoms. The van der Waals surface area contributed by atoms with Gasteiger partial charge >= 0.3 is 5.97 Å². The van der Waals surface area contributed by atoms with E-state index < -0.39 is 11.8 Å². The van der Waals surface area contributed by atoms with Crippen LogP contribution < -0.4 is 10.2 Å². The number of fused-ring (bicyclic) bond motifs is 3. The van der Waals surface area contributed by atoms with Crippen molar-refractivity contribution in [1.82, 2.24) is 24.8 Å². The first kappa shape index (κ1) is 23.0. The van der Waals surface area contributed by atoms with Crippen molar-refractivity contribution in [3.63, 3.8) is 0 Å². The molecule has 3 aromatic rings. The largest absolute Gasteiger partial charge is 0.481 e. The lowest BCUT2D eigenvalue weighted by Crippen LogP contribution is -2.57. The van der Waals surface area contributed by atoms with Crippen LogP contribution in [0.3, 0.4) is 0 Å². The molecule has 2 aromatic heterocycles. The van der Waals surface area contributed by atoms with E-state index in [0.29, 0.717) is 35.7 Å². The zero-order valence-electron chi connectivity index (χ0n) is 18.9. The number of imidazole rings is 1. The second-order valence-electron chi connectivity index (χ2n) is 9.29. The average molecular weight is 530 g/mol. The SMILES string of the molecule is CN(C)C1CN(c2nc3c(F)c(Br)c(C#N)cc3c3c2ncn3[C@H]2CCN[C@H](CC(=O)O)C2)C1. The van der Waals surface area contributed by atoms with Crippen molar-refractivity contribution in [1.29, 1.82) is 5.26 Å². The zero-order chi connectivity index (χ0) is 24.1. The molecule has 2 aliphatic rings. The molecular weight excluding hydrogens is 505 g/mol. The van der Waals surface area contributed by atoms with Crippen LogP contribution in [0.1, 0.15) is 30.9 Å². The lowest BCUT2D eigenvalue weighted by atomic mass is 9.96. The van der Waals surface area contributed by atoms with Gasteiger partial charge in [-0.3, -0.25) is 4.79 Å². The third-order valence-corrected chi connectivity index (χ3v) is 7.73. The van der Waals surface area contributed by atoms with E-state index in [1.807, 2.05) is 18.7 Å². The fourth-order valence-electron chi connectivity index (χ4n) is 4.99. The molecule has 0 saturated carbocycles. The molecule has 34 heavy (non-hydrogen) atoms. The Balaban J connectivity index is 1.68. The van der Waals surface area contributed by atoms with Crippen molar-refractivity contribution in [3.05, 3.63) is 28.2 Å². The average Bonchev–Trinajstić information content (AvgIpc) is 3.20. The van der Waals surface area contributed by atoms with Crippen molar-refractivity contribution in [3.8, 4) is 6.07 Å². The summed E-state index contributed by atoms with van der Waals surface area (Å²) in [6.45, 7) is 2.21. The minimum absolute atomic E-state index is 0.00259. The van der Waals surface area contributed by atoms with E-state index >= 15 is 4.39 Å². The summed E-state index contributed by atoms with van der Waals surface area (Å²) in [5.41, 5.74) is 1.79. The summed E-state index contributed by atoms with van der Waals surface area (Å²) in [7, 11) is 4.07. The second kappa shape index (κ2) is 8.76. The molecule has 0 aliphatic carbocycles. The topological polar surface area (TPSA) is 110 Å². The van der Waals surface area contributed by atoms with Crippen LogP contribution in [-0.4, -0.2) is 76.3 Å². The first-order valence-electron chi connectivity index (χ1n) is 11.2. The highest BCUT2D eigenvalue weighted by Gasteiger charge is 2.33. The Bertz CT molecular complexity index is 1330. The Labute approximate surface area is 204 Å². The van der Waals surface area contributed by atoms with E-state index in [2.05, 4.69) is 37.1 Å². The molecule has 4 heterocycles. The van der Waals surface area contributed by atoms with Crippen molar-refractivity contribution < 1.29 is 14.3 Å². The first-order chi connectivity index (χ1) is 16.3. The molecule has 0 amide bonds. The molecule has 5 rings (SSSR count). The fraction of sp³-hybridized carbons (Fsp3) is 0.478. The van der Waals surface area contributed by atoms with Gasteiger partial charge in [-0.05, 0) is 55.5 Å². The number of nitrogens with one attached hydrogen (secondary N) is 1. The normalized spacial score (nSPS) is 21.2. The number of hydrogen-bond acceptors (Lipinski definition) is 7. The van der Waals surface area contributed by atoms with Crippen LogP contribution >= 0.6 is 15.9 Å². The molecule has 1 aromatic carbocycles. The Morgan fingerprint density at radius 1 is 1.41 bits per heavy atom. The van der Waals surface area contributed by atoms with Crippen LogP contribution in [0.4, 0.5) is 10.2 Å². The number of pyridine rings is 1. The number of likely N-dealkylation sites (N-methyl/N-ethyl adjacent to an activating group) is 1. The van der Waals surface area contributed by atoms with E-state index in [0.717, 1.165) is 25.0 Å². The van der Waals surface area contributed by atoms with Crippen molar-refractivity contribution in [2.24, 2.45) is 0 Å². The van der Waals surface area contributed by atoms with Crippen LogP contribution in [0.15, 0.2) is 16.9 Å². The number of anilines is 1. The summed E-state index contributed by atoms with van der Waals surface area (Å²) >= 11 is 3.22. The number of nitrogens with zero attached hydrogens (tertiary/aromatic N) is 6. The smallest absolute Gasteiger partial charge is 0.304 e. The number of hydrogen-bond donors (Lipinski definition) is 2. The van der Waals surface area contributed by atoms with Gasteiger partial charge in [-0.25, -0.2) is 14.4 Å². The number of rotatable bonds is 5. The summed E-state index contributed by atoms with van der Waals surface area (Å²) < 4.78 is 17.6. The molecule has 2 fully saturated rings. The third kappa shape index (κ3) is 3.79.